The molecule has 0 aromatic rings. The summed E-state index contributed by atoms with van der Waals surface area (Å²) in [4.78, 5) is 0.300. The predicted molar refractivity (Wildman–Crippen MR) is 62.8 cm³/mol. The fourth-order valence-corrected chi connectivity index (χ4v) is 1.76. The molecule has 0 saturated carbocycles. The molecule has 0 atom stereocenters. The first kappa shape index (κ1) is 14.7. The number of thiocarbonyl (C=S) groups is 1. The van der Waals surface area contributed by atoms with Gasteiger partial charge in [0.25, 0.3) is 10.2 Å². The Morgan fingerprint density at radius 2 is 2.20 bits per heavy atom. The fraction of sp³-hybridized carbons (Fsp3) is 0.857. The molecule has 0 aliphatic carbocycles. The van der Waals surface area contributed by atoms with E-state index in [4.69, 9.17) is 10.5 Å². The second kappa shape index (κ2) is 7.07. The lowest BCUT2D eigenvalue weighted by atomic mass is 10.4. The maximum atomic E-state index is 11.5. The van der Waals surface area contributed by atoms with Crippen molar-refractivity contribution in [1.82, 2.24) is 9.03 Å². The van der Waals surface area contributed by atoms with Crippen LogP contribution < -0.4 is 10.5 Å². The van der Waals surface area contributed by atoms with E-state index in [0.29, 0.717) is 18.0 Å². The quantitative estimate of drug-likeness (QED) is 0.433. The van der Waals surface area contributed by atoms with Gasteiger partial charge in [0.15, 0.2) is 0 Å². The van der Waals surface area contributed by atoms with Crippen LogP contribution in [0.1, 0.15) is 6.42 Å². The monoisotopic (exact) mass is 255 g/mol. The van der Waals surface area contributed by atoms with Gasteiger partial charge in [-0.3, -0.25) is 0 Å². The predicted octanol–water partition coefficient (Wildman–Crippen LogP) is -0.925. The Morgan fingerprint density at radius 1 is 1.60 bits per heavy atom. The number of nitrogens with two attached hydrogens (primary N) is 1. The van der Waals surface area contributed by atoms with Gasteiger partial charge in [0, 0.05) is 33.7 Å². The molecule has 0 heterocycles. The number of rotatable bonds is 8. The highest BCUT2D eigenvalue weighted by atomic mass is 32.2. The molecule has 0 aliphatic rings. The molecular formula is C7H17N3O3S2. The summed E-state index contributed by atoms with van der Waals surface area (Å²) in [7, 11) is -0.470. The lowest BCUT2D eigenvalue weighted by Gasteiger charge is -2.16. The van der Waals surface area contributed by atoms with Crippen molar-refractivity contribution in [3.63, 3.8) is 0 Å². The molecule has 0 spiro atoms. The number of ether oxygens (including phenoxy) is 1. The molecule has 0 aliphatic heterocycles. The Balaban J connectivity index is 4.03. The summed E-state index contributed by atoms with van der Waals surface area (Å²) in [5.41, 5.74) is 5.28. The van der Waals surface area contributed by atoms with Crippen molar-refractivity contribution in [3.8, 4) is 0 Å². The molecule has 0 radical (unpaired) electrons. The van der Waals surface area contributed by atoms with E-state index in [-0.39, 0.29) is 13.1 Å². The highest BCUT2D eigenvalue weighted by Gasteiger charge is 2.16. The van der Waals surface area contributed by atoms with Crippen LogP contribution in [-0.4, -0.2) is 51.6 Å². The molecule has 3 N–H and O–H groups in total. The molecule has 15 heavy (non-hydrogen) atoms. The van der Waals surface area contributed by atoms with Gasteiger partial charge in [0.1, 0.15) is 0 Å². The van der Waals surface area contributed by atoms with Crippen LogP contribution in [0.15, 0.2) is 0 Å². The molecule has 0 aromatic carbocycles. The van der Waals surface area contributed by atoms with Crippen LogP contribution >= 0.6 is 12.2 Å². The largest absolute Gasteiger partial charge is 0.393 e. The van der Waals surface area contributed by atoms with Gasteiger partial charge in [-0.2, -0.15) is 17.4 Å². The van der Waals surface area contributed by atoms with Crippen molar-refractivity contribution in [2.75, 3.05) is 33.9 Å². The topological polar surface area (TPSA) is 84.7 Å². The van der Waals surface area contributed by atoms with E-state index >= 15 is 0 Å². The van der Waals surface area contributed by atoms with Gasteiger partial charge in [0.05, 0.1) is 11.6 Å². The minimum Gasteiger partial charge on any atom is -0.393 e. The second-order valence-corrected chi connectivity index (χ2v) is 5.32. The van der Waals surface area contributed by atoms with E-state index in [2.05, 4.69) is 16.9 Å². The first-order chi connectivity index (χ1) is 6.90. The Labute approximate surface area is 95.9 Å². The van der Waals surface area contributed by atoms with Gasteiger partial charge in [-0.05, 0) is 0 Å². The maximum Gasteiger partial charge on any atom is 0.279 e. The molecule has 0 amide bonds. The molecule has 0 bridgehead atoms. The smallest absolute Gasteiger partial charge is 0.279 e. The molecule has 0 saturated heterocycles. The van der Waals surface area contributed by atoms with Crippen LogP contribution in [0.4, 0.5) is 0 Å². The van der Waals surface area contributed by atoms with Crippen molar-refractivity contribution in [3.05, 3.63) is 0 Å². The molecule has 0 unspecified atom stereocenters. The van der Waals surface area contributed by atoms with Gasteiger partial charge in [0.2, 0.25) is 0 Å². The summed E-state index contributed by atoms with van der Waals surface area (Å²) in [5, 5.41) is 0. The molecule has 90 valence electrons. The van der Waals surface area contributed by atoms with Crippen molar-refractivity contribution in [2.45, 2.75) is 6.42 Å². The number of methoxy groups -OCH3 is 1. The summed E-state index contributed by atoms with van der Waals surface area (Å²) in [6, 6.07) is 0. The van der Waals surface area contributed by atoms with Gasteiger partial charge in [-0.25, -0.2) is 0 Å². The third-order valence-corrected chi connectivity index (χ3v) is 3.45. The summed E-state index contributed by atoms with van der Waals surface area (Å²) < 4.78 is 31.3. The number of nitrogens with one attached hydrogen (secondary N) is 1. The Bertz CT molecular complexity index is 292. The average Bonchev–Trinajstić information content (AvgIpc) is 2.14. The van der Waals surface area contributed by atoms with Crippen LogP contribution in [0, 0.1) is 0 Å². The Kier molecular flexibility index (Phi) is 6.94. The standard InChI is InChI=1S/C7H17N3O3S2/c1-10(5-3-7(8)14)15(11,12)9-4-6-13-2/h9H,3-6H2,1-2H3,(H2,8,14). The van der Waals surface area contributed by atoms with Crippen LogP contribution in [0.25, 0.3) is 0 Å². The summed E-state index contributed by atoms with van der Waals surface area (Å²) in [6.07, 6.45) is 0.372. The van der Waals surface area contributed by atoms with E-state index in [1.165, 1.54) is 18.5 Å². The molecular weight excluding hydrogens is 238 g/mol. The van der Waals surface area contributed by atoms with Gasteiger partial charge >= 0.3 is 0 Å². The zero-order valence-corrected chi connectivity index (χ0v) is 10.5. The summed E-state index contributed by atoms with van der Waals surface area (Å²) >= 11 is 4.66. The fourth-order valence-electron chi connectivity index (χ4n) is 0.771. The lowest BCUT2D eigenvalue weighted by Crippen LogP contribution is -2.40. The number of hydrogen-bond donors (Lipinski definition) is 2. The van der Waals surface area contributed by atoms with Crippen LogP contribution in [0.2, 0.25) is 0 Å². The zero-order chi connectivity index (χ0) is 11.9. The minimum absolute atomic E-state index is 0.246. The van der Waals surface area contributed by atoms with E-state index in [1.54, 1.807) is 0 Å². The Morgan fingerprint density at radius 3 is 2.67 bits per heavy atom. The average molecular weight is 255 g/mol. The third-order valence-electron chi connectivity index (χ3n) is 1.67. The van der Waals surface area contributed by atoms with Gasteiger partial charge in [-0.1, -0.05) is 12.2 Å². The van der Waals surface area contributed by atoms with E-state index in [0.717, 1.165) is 0 Å². The van der Waals surface area contributed by atoms with Crippen LogP contribution in [0.3, 0.4) is 0 Å². The minimum atomic E-state index is -3.44. The summed E-state index contributed by atoms with van der Waals surface area (Å²) in [5.74, 6) is 0. The molecule has 0 aromatic heterocycles. The van der Waals surface area contributed by atoms with E-state index < -0.39 is 10.2 Å². The van der Waals surface area contributed by atoms with Crippen molar-refractivity contribution >= 4 is 27.4 Å². The van der Waals surface area contributed by atoms with E-state index in [9.17, 15) is 8.42 Å². The Hall–Kier alpha value is -0.280. The number of nitrogens with zero attached hydrogens (tertiary/aromatic N) is 1. The highest BCUT2D eigenvalue weighted by molar-refractivity contribution is 7.87. The number of hydrogen-bond acceptors (Lipinski definition) is 4. The second-order valence-electron chi connectivity index (χ2n) is 2.93. The van der Waals surface area contributed by atoms with E-state index in [1.807, 2.05) is 0 Å². The first-order valence-electron chi connectivity index (χ1n) is 4.38. The SMILES string of the molecule is COCCNS(=O)(=O)N(C)CCC(N)=S. The van der Waals surface area contributed by atoms with Crippen molar-refractivity contribution in [1.29, 1.82) is 0 Å². The van der Waals surface area contributed by atoms with Gasteiger partial charge in [-0.15, -0.1) is 0 Å². The lowest BCUT2D eigenvalue weighted by molar-refractivity contribution is 0.204. The van der Waals surface area contributed by atoms with Crippen LogP contribution in [0.5, 0.6) is 0 Å². The normalized spacial score (nSPS) is 11.9. The molecule has 8 heteroatoms. The third kappa shape index (κ3) is 6.74. The van der Waals surface area contributed by atoms with Gasteiger partial charge < -0.3 is 10.5 Å². The summed E-state index contributed by atoms with van der Waals surface area (Å²) in [6.45, 7) is 0.857. The molecule has 0 fully saturated rings. The molecule has 6 nitrogen and oxygen atoms in total. The zero-order valence-electron chi connectivity index (χ0n) is 8.89. The highest BCUT2D eigenvalue weighted by Crippen LogP contribution is 1.95. The molecule has 0 rings (SSSR count). The van der Waals surface area contributed by atoms with Crippen molar-refractivity contribution < 1.29 is 13.2 Å². The first-order valence-corrected chi connectivity index (χ1v) is 6.23. The van der Waals surface area contributed by atoms with Crippen LogP contribution in [-0.2, 0) is 14.9 Å². The maximum absolute atomic E-state index is 11.5. The van der Waals surface area contributed by atoms with Crippen molar-refractivity contribution in [2.24, 2.45) is 5.73 Å².